The molecule has 1 aliphatic heterocycles. The number of rotatable bonds is 8. The minimum atomic E-state index is -0.293. The van der Waals surface area contributed by atoms with Crippen LogP contribution in [0.25, 0.3) is 0 Å². The summed E-state index contributed by atoms with van der Waals surface area (Å²) in [5, 5.41) is 2.05. The number of methoxy groups -OCH3 is 1. The lowest BCUT2D eigenvalue weighted by atomic mass is 10.00. The second kappa shape index (κ2) is 10.1. The van der Waals surface area contributed by atoms with Crippen molar-refractivity contribution in [3.8, 4) is 11.5 Å². The van der Waals surface area contributed by atoms with Gasteiger partial charge in [0.25, 0.3) is 5.91 Å². The van der Waals surface area contributed by atoms with Crippen molar-refractivity contribution >= 4 is 23.2 Å². The number of ether oxygens (including phenoxy) is 2. The Hall–Kier alpha value is -3.26. The third-order valence-electron chi connectivity index (χ3n) is 5.80. The molecule has 0 saturated heterocycles. The molecule has 8 heteroatoms. The summed E-state index contributed by atoms with van der Waals surface area (Å²) in [5.74, 6) is 1.09. The standard InChI is InChI=1S/C25H28N2O5S/c1-17(2)27(25(29)22-9-6-13-31-22)15-24(28)26-12-10-23-18(11-14-33-23)19(26)16-32-21-8-5-4-7-20(21)30-3/h4-9,11,13-14,17,19H,10,12,15-16H2,1-3H3/t19-/m0/s1. The molecule has 0 spiro atoms. The Bertz CT molecular complexity index is 1090. The molecule has 3 heterocycles. The van der Waals surface area contributed by atoms with E-state index in [1.807, 2.05) is 43.0 Å². The van der Waals surface area contributed by atoms with Crippen LogP contribution >= 0.6 is 11.3 Å². The highest BCUT2D eigenvalue weighted by Gasteiger charge is 2.34. The van der Waals surface area contributed by atoms with Crippen LogP contribution in [0.1, 0.15) is 40.9 Å². The Balaban J connectivity index is 1.54. The van der Waals surface area contributed by atoms with Gasteiger partial charge in [0.05, 0.1) is 19.4 Å². The van der Waals surface area contributed by atoms with E-state index in [1.165, 1.54) is 11.1 Å². The molecule has 3 aromatic rings. The lowest BCUT2D eigenvalue weighted by molar-refractivity contribution is -0.136. The zero-order valence-corrected chi connectivity index (χ0v) is 19.8. The van der Waals surface area contributed by atoms with E-state index in [4.69, 9.17) is 13.9 Å². The van der Waals surface area contributed by atoms with Gasteiger partial charge < -0.3 is 23.7 Å². The fourth-order valence-electron chi connectivity index (χ4n) is 4.05. The first-order valence-corrected chi connectivity index (χ1v) is 11.8. The summed E-state index contributed by atoms with van der Waals surface area (Å²) in [6.07, 6.45) is 2.25. The van der Waals surface area contributed by atoms with E-state index in [2.05, 4.69) is 11.4 Å². The molecule has 0 aliphatic carbocycles. The predicted molar refractivity (Wildman–Crippen MR) is 126 cm³/mol. The average Bonchev–Trinajstić information content (AvgIpc) is 3.52. The van der Waals surface area contributed by atoms with Crippen LogP contribution in [0.4, 0.5) is 0 Å². The van der Waals surface area contributed by atoms with E-state index in [-0.39, 0.29) is 36.2 Å². The Morgan fingerprint density at radius 3 is 2.67 bits per heavy atom. The number of thiophene rings is 1. The van der Waals surface area contributed by atoms with E-state index in [1.54, 1.807) is 35.5 Å². The minimum Gasteiger partial charge on any atom is -0.493 e. The summed E-state index contributed by atoms with van der Waals surface area (Å²) in [7, 11) is 1.60. The molecule has 0 fully saturated rings. The van der Waals surface area contributed by atoms with E-state index in [0.29, 0.717) is 24.7 Å². The highest BCUT2D eigenvalue weighted by Crippen LogP contribution is 2.35. The van der Waals surface area contributed by atoms with Crippen molar-refractivity contribution in [2.75, 3.05) is 26.8 Å². The third kappa shape index (κ3) is 4.90. The van der Waals surface area contributed by atoms with Gasteiger partial charge in [0.1, 0.15) is 13.2 Å². The summed E-state index contributed by atoms with van der Waals surface area (Å²) in [5.41, 5.74) is 1.10. The summed E-state index contributed by atoms with van der Waals surface area (Å²) < 4.78 is 16.8. The molecular weight excluding hydrogens is 440 g/mol. The van der Waals surface area contributed by atoms with Gasteiger partial charge in [0.15, 0.2) is 17.3 Å². The molecule has 174 valence electrons. The number of carbonyl (C=O) groups is 2. The van der Waals surface area contributed by atoms with Crippen LogP contribution in [0.3, 0.4) is 0 Å². The molecule has 1 aliphatic rings. The minimum absolute atomic E-state index is 0.0260. The smallest absolute Gasteiger partial charge is 0.290 e. The molecule has 7 nitrogen and oxygen atoms in total. The van der Waals surface area contributed by atoms with Crippen LogP contribution < -0.4 is 9.47 Å². The largest absolute Gasteiger partial charge is 0.493 e. The third-order valence-corrected chi connectivity index (χ3v) is 6.80. The maximum absolute atomic E-state index is 13.5. The Kier molecular flexibility index (Phi) is 7.03. The topological polar surface area (TPSA) is 72.2 Å². The molecule has 0 saturated carbocycles. The summed E-state index contributed by atoms with van der Waals surface area (Å²) >= 11 is 1.70. The molecule has 0 unspecified atom stereocenters. The zero-order chi connectivity index (χ0) is 23.4. The number of hydrogen-bond acceptors (Lipinski definition) is 6. The summed E-state index contributed by atoms with van der Waals surface area (Å²) in [6.45, 7) is 4.63. The summed E-state index contributed by atoms with van der Waals surface area (Å²) in [4.78, 5) is 31.0. The fourth-order valence-corrected chi connectivity index (χ4v) is 4.98. The van der Waals surface area contributed by atoms with Gasteiger partial charge in [-0.15, -0.1) is 11.3 Å². The van der Waals surface area contributed by atoms with Gasteiger partial charge in [0.2, 0.25) is 5.91 Å². The highest BCUT2D eigenvalue weighted by atomic mass is 32.1. The van der Waals surface area contributed by atoms with Crippen molar-refractivity contribution in [1.29, 1.82) is 0 Å². The molecule has 33 heavy (non-hydrogen) atoms. The maximum atomic E-state index is 13.5. The molecule has 0 bridgehead atoms. The number of amides is 2. The first-order chi connectivity index (χ1) is 16.0. The normalized spacial score (nSPS) is 15.3. The van der Waals surface area contributed by atoms with E-state index < -0.39 is 0 Å². The van der Waals surface area contributed by atoms with Crippen LogP contribution in [0, 0.1) is 0 Å². The van der Waals surface area contributed by atoms with Gasteiger partial charge in [0, 0.05) is 17.5 Å². The summed E-state index contributed by atoms with van der Waals surface area (Å²) in [6, 6.07) is 12.4. The number of fused-ring (bicyclic) bond motifs is 1. The van der Waals surface area contributed by atoms with Crippen LogP contribution in [-0.2, 0) is 11.2 Å². The molecular formula is C25H28N2O5S. The number of benzene rings is 1. The fraction of sp³-hybridized carbons (Fsp3) is 0.360. The Morgan fingerprint density at radius 2 is 1.97 bits per heavy atom. The number of para-hydroxylation sites is 2. The van der Waals surface area contributed by atoms with Gasteiger partial charge in [-0.1, -0.05) is 12.1 Å². The number of nitrogens with zero attached hydrogens (tertiary/aromatic N) is 2. The maximum Gasteiger partial charge on any atom is 0.290 e. The van der Waals surface area contributed by atoms with Gasteiger partial charge in [-0.2, -0.15) is 0 Å². The molecule has 1 aromatic carbocycles. The van der Waals surface area contributed by atoms with Gasteiger partial charge in [-0.05, 0) is 61.5 Å². The number of hydrogen-bond donors (Lipinski definition) is 0. The molecule has 1 atom stereocenters. The highest BCUT2D eigenvalue weighted by molar-refractivity contribution is 7.10. The van der Waals surface area contributed by atoms with Crippen molar-refractivity contribution in [2.24, 2.45) is 0 Å². The zero-order valence-electron chi connectivity index (χ0n) is 19.0. The van der Waals surface area contributed by atoms with Crippen molar-refractivity contribution in [3.05, 3.63) is 70.3 Å². The molecule has 0 radical (unpaired) electrons. The van der Waals surface area contributed by atoms with Crippen molar-refractivity contribution < 1.29 is 23.5 Å². The van der Waals surface area contributed by atoms with E-state index in [0.717, 1.165) is 12.0 Å². The lowest BCUT2D eigenvalue weighted by Crippen LogP contribution is -2.49. The first-order valence-electron chi connectivity index (χ1n) is 11.0. The first kappa shape index (κ1) is 22.9. The lowest BCUT2D eigenvalue weighted by Gasteiger charge is -2.37. The van der Waals surface area contributed by atoms with Crippen molar-refractivity contribution in [3.63, 3.8) is 0 Å². The van der Waals surface area contributed by atoms with E-state index in [9.17, 15) is 9.59 Å². The molecule has 4 rings (SSSR count). The Morgan fingerprint density at radius 1 is 1.18 bits per heavy atom. The van der Waals surface area contributed by atoms with Gasteiger partial charge in [-0.3, -0.25) is 9.59 Å². The predicted octanol–water partition coefficient (Wildman–Crippen LogP) is 4.41. The quantitative estimate of drug-likeness (QED) is 0.490. The van der Waals surface area contributed by atoms with Crippen molar-refractivity contribution in [2.45, 2.75) is 32.4 Å². The molecule has 2 aromatic heterocycles. The van der Waals surface area contributed by atoms with Crippen LogP contribution in [0.15, 0.2) is 58.5 Å². The van der Waals surface area contributed by atoms with E-state index >= 15 is 0 Å². The Labute approximate surface area is 197 Å². The SMILES string of the molecule is COc1ccccc1OC[C@H]1c2ccsc2CCN1C(=O)CN(C(=O)c1ccco1)C(C)C. The van der Waals surface area contributed by atoms with Crippen molar-refractivity contribution in [1.82, 2.24) is 9.80 Å². The van der Waals surface area contributed by atoms with Gasteiger partial charge >= 0.3 is 0 Å². The second-order valence-corrected chi connectivity index (χ2v) is 9.12. The monoisotopic (exact) mass is 468 g/mol. The molecule has 0 N–H and O–H groups in total. The van der Waals surface area contributed by atoms with Crippen LogP contribution in [0.2, 0.25) is 0 Å². The molecule has 2 amide bonds. The number of furan rings is 1. The van der Waals surface area contributed by atoms with Crippen LogP contribution in [0.5, 0.6) is 11.5 Å². The van der Waals surface area contributed by atoms with Crippen LogP contribution in [-0.4, -0.2) is 54.5 Å². The van der Waals surface area contributed by atoms with Gasteiger partial charge in [-0.25, -0.2) is 0 Å². The second-order valence-electron chi connectivity index (χ2n) is 8.12. The average molecular weight is 469 g/mol. The number of carbonyl (C=O) groups excluding carboxylic acids is 2.